The van der Waals surface area contributed by atoms with Crippen LogP contribution in [0.15, 0.2) is 24.3 Å². The van der Waals surface area contributed by atoms with Gasteiger partial charge in [-0.2, -0.15) is 0 Å². The second-order valence-electron chi connectivity index (χ2n) is 5.25. The second kappa shape index (κ2) is 6.44. The Balaban J connectivity index is 2.16. The predicted octanol–water partition coefficient (Wildman–Crippen LogP) is 3.36. The van der Waals surface area contributed by atoms with Crippen LogP contribution in [0.1, 0.15) is 43.4 Å². The van der Waals surface area contributed by atoms with Crippen LogP contribution in [0.5, 0.6) is 0 Å². The molecule has 1 saturated carbocycles. The molecule has 0 amide bonds. The SMILES string of the molecule is CCN(CC1CC1)C(CN)c1cccc(C(F)F)c1. The zero-order valence-corrected chi connectivity index (χ0v) is 11.4. The average Bonchev–Trinajstić information content (AvgIpc) is 3.22. The van der Waals surface area contributed by atoms with Gasteiger partial charge in [0.2, 0.25) is 0 Å². The molecule has 4 heteroatoms. The smallest absolute Gasteiger partial charge is 0.263 e. The molecule has 1 unspecified atom stereocenters. The van der Waals surface area contributed by atoms with E-state index in [1.165, 1.54) is 18.9 Å². The second-order valence-corrected chi connectivity index (χ2v) is 5.25. The molecular weight excluding hydrogens is 246 g/mol. The molecule has 0 saturated heterocycles. The van der Waals surface area contributed by atoms with Crippen molar-refractivity contribution in [2.24, 2.45) is 11.7 Å². The van der Waals surface area contributed by atoms with Crippen LogP contribution in [-0.2, 0) is 0 Å². The Hall–Kier alpha value is -1.00. The number of halogens is 2. The Morgan fingerprint density at radius 2 is 2.00 bits per heavy atom. The fourth-order valence-electron chi connectivity index (χ4n) is 2.51. The Kier molecular flexibility index (Phi) is 4.88. The summed E-state index contributed by atoms with van der Waals surface area (Å²) in [6, 6.07) is 6.71. The molecule has 0 aromatic heterocycles. The first-order valence-corrected chi connectivity index (χ1v) is 6.97. The van der Waals surface area contributed by atoms with Crippen LogP contribution in [0.3, 0.4) is 0 Å². The number of likely N-dealkylation sites (N-methyl/N-ethyl adjacent to an activating group) is 1. The number of rotatable bonds is 7. The van der Waals surface area contributed by atoms with Crippen LogP contribution >= 0.6 is 0 Å². The lowest BCUT2D eigenvalue weighted by Crippen LogP contribution is -2.35. The van der Waals surface area contributed by atoms with Gasteiger partial charge in [-0.25, -0.2) is 8.78 Å². The van der Waals surface area contributed by atoms with Crippen molar-refractivity contribution in [2.45, 2.75) is 32.2 Å². The van der Waals surface area contributed by atoms with E-state index in [1.54, 1.807) is 12.1 Å². The Bertz CT molecular complexity index is 405. The van der Waals surface area contributed by atoms with Gasteiger partial charge in [0.15, 0.2) is 0 Å². The molecule has 19 heavy (non-hydrogen) atoms. The Morgan fingerprint density at radius 3 is 2.53 bits per heavy atom. The van der Waals surface area contributed by atoms with Gasteiger partial charge in [-0.15, -0.1) is 0 Å². The first-order valence-electron chi connectivity index (χ1n) is 6.97. The topological polar surface area (TPSA) is 29.3 Å². The lowest BCUT2D eigenvalue weighted by Gasteiger charge is -2.30. The molecule has 1 fully saturated rings. The van der Waals surface area contributed by atoms with Crippen molar-refractivity contribution in [1.82, 2.24) is 4.90 Å². The zero-order chi connectivity index (χ0) is 13.8. The van der Waals surface area contributed by atoms with Crippen molar-refractivity contribution < 1.29 is 8.78 Å². The highest BCUT2D eigenvalue weighted by Gasteiger charge is 2.27. The van der Waals surface area contributed by atoms with Crippen molar-refractivity contribution >= 4 is 0 Å². The lowest BCUT2D eigenvalue weighted by molar-refractivity contribution is 0.150. The van der Waals surface area contributed by atoms with Gasteiger partial charge < -0.3 is 5.73 Å². The number of nitrogens with two attached hydrogens (primary N) is 1. The van der Waals surface area contributed by atoms with Crippen molar-refractivity contribution in [3.63, 3.8) is 0 Å². The molecule has 0 aliphatic heterocycles. The summed E-state index contributed by atoms with van der Waals surface area (Å²) in [4.78, 5) is 2.31. The average molecular weight is 268 g/mol. The van der Waals surface area contributed by atoms with Gasteiger partial charge in [-0.3, -0.25) is 4.90 Å². The monoisotopic (exact) mass is 268 g/mol. The number of hydrogen-bond acceptors (Lipinski definition) is 2. The van der Waals surface area contributed by atoms with Gasteiger partial charge in [-0.1, -0.05) is 25.1 Å². The Labute approximate surface area is 113 Å². The standard InChI is InChI=1S/C15H22F2N2/c1-2-19(10-11-6-7-11)14(9-18)12-4-3-5-13(8-12)15(16)17/h3-5,8,11,14-15H,2,6-7,9-10,18H2,1H3. The van der Waals surface area contributed by atoms with Crippen LogP contribution in [0.2, 0.25) is 0 Å². The molecule has 0 radical (unpaired) electrons. The maximum absolute atomic E-state index is 12.8. The highest BCUT2D eigenvalue weighted by Crippen LogP contribution is 2.33. The van der Waals surface area contributed by atoms with Gasteiger partial charge in [0.05, 0.1) is 0 Å². The van der Waals surface area contributed by atoms with Crippen molar-refractivity contribution in [2.75, 3.05) is 19.6 Å². The molecule has 1 aliphatic rings. The predicted molar refractivity (Wildman–Crippen MR) is 73.2 cm³/mol. The molecule has 1 aliphatic carbocycles. The van der Waals surface area contributed by atoms with Crippen molar-refractivity contribution in [3.05, 3.63) is 35.4 Å². The van der Waals surface area contributed by atoms with E-state index in [0.29, 0.717) is 6.54 Å². The van der Waals surface area contributed by atoms with Crippen LogP contribution in [0, 0.1) is 5.92 Å². The molecule has 1 atom stereocenters. The summed E-state index contributed by atoms with van der Waals surface area (Å²) in [6.07, 6.45) is 0.146. The van der Waals surface area contributed by atoms with E-state index in [-0.39, 0.29) is 11.6 Å². The summed E-state index contributed by atoms with van der Waals surface area (Å²) < 4.78 is 25.5. The first kappa shape index (κ1) is 14.4. The van der Waals surface area contributed by atoms with Gasteiger partial charge in [0.25, 0.3) is 6.43 Å². The lowest BCUT2D eigenvalue weighted by atomic mass is 10.0. The summed E-state index contributed by atoms with van der Waals surface area (Å²) in [5.41, 5.74) is 6.86. The minimum Gasteiger partial charge on any atom is -0.329 e. The molecule has 0 bridgehead atoms. The summed E-state index contributed by atoms with van der Waals surface area (Å²) >= 11 is 0. The maximum Gasteiger partial charge on any atom is 0.263 e. The zero-order valence-electron chi connectivity index (χ0n) is 11.4. The Morgan fingerprint density at radius 1 is 1.32 bits per heavy atom. The molecule has 0 heterocycles. The molecule has 2 N–H and O–H groups in total. The number of benzene rings is 1. The van der Waals surface area contributed by atoms with Crippen LogP contribution in [-0.4, -0.2) is 24.5 Å². The van der Waals surface area contributed by atoms with E-state index < -0.39 is 6.43 Å². The molecule has 2 nitrogen and oxygen atoms in total. The minimum atomic E-state index is -2.42. The molecule has 2 rings (SSSR count). The maximum atomic E-state index is 12.8. The van der Waals surface area contributed by atoms with E-state index in [0.717, 1.165) is 24.6 Å². The van der Waals surface area contributed by atoms with E-state index in [9.17, 15) is 8.78 Å². The minimum absolute atomic E-state index is 0.0456. The third-order valence-corrected chi connectivity index (χ3v) is 3.81. The van der Waals surface area contributed by atoms with Crippen LogP contribution in [0.4, 0.5) is 8.78 Å². The summed E-state index contributed by atoms with van der Waals surface area (Å²) in [5, 5.41) is 0. The number of alkyl halides is 2. The van der Waals surface area contributed by atoms with E-state index in [4.69, 9.17) is 5.73 Å². The molecule has 1 aromatic rings. The molecule has 1 aromatic carbocycles. The van der Waals surface area contributed by atoms with E-state index in [2.05, 4.69) is 11.8 Å². The third-order valence-electron chi connectivity index (χ3n) is 3.81. The molecule has 106 valence electrons. The van der Waals surface area contributed by atoms with E-state index in [1.807, 2.05) is 6.07 Å². The van der Waals surface area contributed by atoms with Crippen molar-refractivity contribution in [1.29, 1.82) is 0 Å². The summed E-state index contributed by atoms with van der Waals surface area (Å²) in [5.74, 6) is 0.771. The summed E-state index contributed by atoms with van der Waals surface area (Å²) in [6.45, 7) is 4.49. The summed E-state index contributed by atoms with van der Waals surface area (Å²) in [7, 11) is 0. The highest BCUT2D eigenvalue weighted by molar-refractivity contribution is 5.27. The van der Waals surface area contributed by atoms with Gasteiger partial charge in [0.1, 0.15) is 0 Å². The van der Waals surface area contributed by atoms with Gasteiger partial charge in [-0.05, 0) is 36.9 Å². The van der Waals surface area contributed by atoms with Gasteiger partial charge in [0, 0.05) is 24.7 Å². The first-order chi connectivity index (χ1) is 9.15. The third kappa shape index (κ3) is 3.74. The number of hydrogen-bond donors (Lipinski definition) is 1. The van der Waals surface area contributed by atoms with Crippen molar-refractivity contribution in [3.8, 4) is 0 Å². The number of nitrogens with zero attached hydrogens (tertiary/aromatic N) is 1. The normalized spacial score (nSPS) is 17.2. The fourth-order valence-corrected chi connectivity index (χ4v) is 2.51. The fraction of sp³-hybridized carbons (Fsp3) is 0.600. The van der Waals surface area contributed by atoms with Crippen LogP contribution in [0.25, 0.3) is 0 Å². The van der Waals surface area contributed by atoms with Gasteiger partial charge >= 0.3 is 0 Å². The van der Waals surface area contributed by atoms with Crippen LogP contribution < -0.4 is 5.73 Å². The molecular formula is C15H22F2N2. The highest BCUT2D eigenvalue weighted by atomic mass is 19.3. The van der Waals surface area contributed by atoms with E-state index >= 15 is 0 Å². The molecule has 0 spiro atoms. The largest absolute Gasteiger partial charge is 0.329 e. The quantitative estimate of drug-likeness (QED) is 0.821.